The van der Waals surface area contributed by atoms with Crippen LogP contribution in [0.3, 0.4) is 0 Å². The Hall–Kier alpha value is -1.39. The van der Waals surface area contributed by atoms with Crippen molar-refractivity contribution >= 4 is 5.97 Å². The highest BCUT2D eigenvalue weighted by Gasteiger charge is 2.44. The molecule has 3 atom stereocenters. The summed E-state index contributed by atoms with van der Waals surface area (Å²) in [6.07, 6.45) is 10.0. The van der Waals surface area contributed by atoms with E-state index in [0.717, 1.165) is 31.3 Å². The number of esters is 1. The lowest BCUT2D eigenvalue weighted by Gasteiger charge is -2.44. The van der Waals surface area contributed by atoms with Crippen LogP contribution < -0.4 is 0 Å². The van der Waals surface area contributed by atoms with Crippen molar-refractivity contribution in [2.75, 3.05) is 0 Å². The Morgan fingerprint density at radius 2 is 1.96 bits per heavy atom. The molecule has 0 radical (unpaired) electrons. The molecule has 0 aliphatic carbocycles. The molecule has 26 heavy (non-hydrogen) atoms. The zero-order valence-electron chi connectivity index (χ0n) is 17.1. The van der Waals surface area contributed by atoms with E-state index in [0.29, 0.717) is 6.42 Å². The molecule has 2 aliphatic rings. The van der Waals surface area contributed by atoms with Gasteiger partial charge in [-0.25, -0.2) is 0 Å². The third-order valence-electron chi connectivity index (χ3n) is 5.39. The molecule has 0 fully saturated rings. The fraction of sp³-hybridized carbons (Fsp3) is 0.682. The smallest absolute Gasteiger partial charge is 0.303 e. The van der Waals surface area contributed by atoms with Gasteiger partial charge in [0, 0.05) is 6.92 Å². The molecule has 2 aliphatic heterocycles. The molecule has 0 aromatic rings. The number of hydrogen-bond acceptors (Lipinski definition) is 4. The Balaban J connectivity index is 2.45. The summed E-state index contributed by atoms with van der Waals surface area (Å²) in [4.78, 5) is 11.7. The fourth-order valence-corrected chi connectivity index (χ4v) is 3.80. The van der Waals surface area contributed by atoms with Crippen molar-refractivity contribution in [3.8, 4) is 0 Å². The van der Waals surface area contributed by atoms with Gasteiger partial charge in [-0.3, -0.25) is 4.79 Å². The average Bonchev–Trinajstić information content (AvgIpc) is 2.49. The predicted octanol–water partition coefficient (Wildman–Crippen LogP) is 4.63. The summed E-state index contributed by atoms with van der Waals surface area (Å²) in [6.45, 7) is 11.3. The summed E-state index contributed by atoms with van der Waals surface area (Å²) in [5.41, 5.74) is 1.87. The second-order valence-corrected chi connectivity index (χ2v) is 8.51. The average molecular weight is 363 g/mol. The molecule has 0 saturated carbocycles. The van der Waals surface area contributed by atoms with Gasteiger partial charge in [0.1, 0.15) is 17.8 Å². The molecular formula is C22H34O4. The minimum Gasteiger partial charge on any atom is -0.459 e. The van der Waals surface area contributed by atoms with Gasteiger partial charge in [-0.15, -0.1) is 0 Å². The van der Waals surface area contributed by atoms with E-state index in [9.17, 15) is 9.90 Å². The Morgan fingerprint density at radius 3 is 2.58 bits per heavy atom. The Bertz CT molecular complexity index is 621. The van der Waals surface area contributed by atoms with E-state index in [1.165, 1.54) is 18.1 Å². The summed E-state index contributed by atoms with van der Waals surface area (Å²) in [6, 6.07) is 0. The lowest BCUT2D eigenvalue weighted by molar-refractivity contribution is -0.177. The van der Waals surface area contributed by atoms with Crippen molar-refractivity contribution in [1.82, 2.24) is 0 Å². The molecule has 0 spiro atoms. The maximum atomic E-state index is 11.7. The second-order valence-electron chi connectivity index (χ2n) is 8.51. The molecule has 146 valence electrons. The third-order valence-corrected chi connectivity index (χ3v) is 5.39. The highest BCUT2D eigenvalue weighted by Crippen LogP contribution is 2.39. The normalized spacial score (nSPS) is 35.0. The molecule has 1 unspecified atom stereocenters. The van der Waals surface area contributed by atoms with E-state index in [2.05, 4.69) is 32.1 Å². The first-order valence-corrected chi connectivity index (χ1v) is 9.62. The van der Waals surface area contributed by atoms with Gasteiger partial charge in [-0.05, 0) is 72.3 Å². The lowest BCUT2D eigenvalue weighted by Crippen LogP contribution is -2.50. The summed E-state index contributed by atoms with van der Waals surface area (Å²) in [5, 5.41) is 10.6. The first-order valence-electron chi connectivity index (χ1n) is 9.62. The van der Waals surface area contributed by atoms with Gasteiger partial charge >= 0.3 is 5.97 Å². The molecule has 0 aromatic carbocycles. The molecule has 4 nitrogen and oxygen atoms in total. The van der Waals surface area contributed by atoms with Crippen LogP contribution in [0.4, 0.5) is 0 Å². The molecule has 2 bridgehead atoms. The molecule has 0 saturated heterocycles. The van der Waals surface area contributed by atoms with Gasteiger partial charge in [-0.1, -0.05) is 29.4 Å². The van der Waals surface area contributed by atoms with E-state index < -0.39 is 11.2 Å². The van der Waals surface area contributed by atoms with Gasteiger partial charge in [-0.2, -0.15) is 0 Å². The highest BCUT2D eigenvalue weighted by atomic mass is 16.6. The number of rotatable bonds is 2. The topological polar surface area (TPSA) is 55.8 Å². The van der Waals surface area contributed by atoms with Gasteiger partial charge in [0.2, 0.25) is 0 Å². The highest BCUT2D eigenvalue weighted by molar-refractivity contribution is 5.66. The van der Waals surface area contributed by atoms with Crippen molar-refractivity contribution in [2.24, 2.45) is 0 Å². The second kappa shape index (κ2) is 8.10. The summed E-state index contributed by atoms with van der Waals surface area (Å²) in [5.74, 6) is -0.283. The Morgan fingerprint density at radius 1 is 1.27 bits per heavy atom. The maximum absolute atomic E-state index is 11.7. The van der Waals surface area contributed by atoms with Crippen molar-refractivity contribution < 1.29 is 19.4 Å². The summed E-state index contributed by atoms with van der Waals surface area (Å²) < 4.78 is 12.2. The van der Waals surface area contributed by atoms with Crippen LogP contribution in [0.2, 0.25) is 0 Å². The van der Waals surface area contributed by atoms with Crippen molar-refractivity contribution in [2.45, 2.75) is 97.1 Å². The first kappa shape index (κ1) is 20.9. The number of hydrogen-bond donors (Lipinski definition) is 1. The predicted molar refractivity (Wildman–Crippen MR) is 104 cm³/mol. The van der Waals surface area contributed by atoms with Crippen molar-refractivity contribution in [1.29, 1.82) is 0 Å². The number of allylic oxidation sites excluding steroid dienone is 3. The molecule has 2 rings (SSSR count). The van der Waals surface area contributed by atoms with Crippen molar-refractivity contribution in [3.05, 3.63) is 34.9 Å². The monoisotopic (exact) mass is 362 g/mol. The van der Waals surface area contributed by atoms with Gasteiger partial charge in [0.15, 0.2) is 0 Å². The third kappa shape index (κ3) is 5.31. The number of ether oxygens (including phenoxy) is 2. The van der Waals surface area contributed by atoms with Crippen LogP contribution >= 0.6 is 0 Å². The van der Waals surface area contributed by atoms with Crippen LogP contribution in [0.25, 0.3) is 0 Å². The molecule has 0 aromatic heterocycles. The zero-order chi connectivity index (χ0) is 19.5. The number of carbonyl (C=O) groups excluding carboxylic acids is 1. The molecule has 1 N–H and O–H groups in total. The minimum absolute atomic E-state index is 0.283. The van der Waals surface area contributed by atoms with Crippen molar-refractivity contribution in [3.63, 3.8) is 0 Å². The van der Waals surface area contributed by atoms with Crippen LogP contribution in [0.1, 0.15) is 73.6 Å². The summed E-state index contributed by atoms with van der Waals surface area (Å²) in [7, 11) is 0. The van der Waals surface area contributed by atoms with E-state index in [-0.39, 0.29) is 18.2 Å². The van der Waals surface area contributed by atoms with Gasteiger partial charge in [0.05, 0.1) is 5.60 Å². The summed E-state index contributed by atoms with van der Waals surface area (Å²) >= 11 is 0. The van der Waals surface area contributed by atoms with Gasteiger partial charge < -0.3 is 14.6 Å². The Labute approximate surface area is 158 Å². The standard InChI is InChI=1S/C22H34O4/c1-15-8-7-9-16(2)14-19-18(21(4,5)24)12-13-22(6,26-19)20(11-10-15)25-17(3)23/h8,12,14,19-20,24H,7,9-11,13H2,1-6H3/b15-8+,16-14+/t19-,20+,22?/m1/s1. The SMILES string of the molecule is CC(=O)O[C@H]1CC/C(C)=C/CC/C(C)=C/[C@H]2OC1(C)CC=C2C(C)(C)O. The molecular weight excluding hydrogens is 328 g/mol. The van der Waals surface area contributed by atoms with E-state index in [1.54, 1.807) is 13.8 Å². The van der Waals surface area contributed by atoms with Crippen LogP contribution in [-0.4, -0.2) is 34.5 Å². The van der Waals surface area contributed by atoms with Crippen LogP contribution in [0, 0.1) is 0 Å². The van der Waals surface area contributed by atoms with E-state index in [4.69, 9.17) is 9.47 Å². The number of fused-ring (bicyclic) bond motifs is 2. The minimum atomic E-state index is -0.951. The zero-order valence-corrected chi connectivity index (χ0v) is 17.1. The molecule has 4 heteroatoms. The van der Waals surface area contributed by atoms with Crippen LogP contribution in [0.15, 0.2) is 34.9 Å². The Kier molecular flexibility index (Phi) is 6.51. The van der Waals surface area contributed by atoms with E-state index >= 15 is 0 Å². The quantitative estimate of drug-likeness (QED) is 0.575. The lowest BCUT2D eigenvalue weighted by atomic mass is 9.81. The number of aliphatic hydroxyl groups is 1. The van der Waals surface area contributed by atoms with E-state index in [1.807, 2.05) is 6.92 Å². The number of carbonyl (C=O) groups is 1. The molecule has 0 amide bonds. The van der Waals surface area contributed by atoms with Crippen LogP contribution in [0.5, 0.6) is 0 Å². The van der Waals surface area contributed by atoms with Gasteiger partial charge in [0.25, 0.3) is 0 Å². The van der Waals surface area contributed by atoms with Crippen LogP contribution in [-0.2, 0) is 14.3 Å². The first-order chi connectivity index (χ1) is 12.0. The fourth-order valence-electron chi connectivity index (χ4n) is 3.80. The molecule has 2 heterocycles. The maximum Gasteiger partial charge on any atom is 0.303 e. The largest absolute Gasteiger partial charge is 0.459 e.